The van der Waals surface area contributed by atoms with Crippen molar-refractivity contribution in [2.75, 3.05) is 0 Å². The molecular formula is C15H26ClN3. The number of aromatic nitrogens is 2. The molecule has 2 N–H and O–H groups in total. The van der Waals surface area contributed by atoms with Crippen molar-refractivity contribution in [3.8, 4) is 0 Å². The van der Waals surface area contributed by atoms with Crippen molar-refractivity contribution >= 4 is 11.6 Å². The summed E-state index contributed by atoms with van der Waals surface area (Å²) in [6.07, 6.45) is 5.23. The van der Waals surface area contributed by atoms with Crippen LogP contribution in [0.4, 0.5) is 0 Å². The highest BCUT2D eigenvalue weighted by atomic mass is 35.5. The van der Waals surface area contributed by atoms with Crippen LogP contribution in [-0.4, -0.2) is 15.8 Å². The summed E-state index contributed by atoms with van der Waals surface area (Å²) in [5.41, 5.74) is 7.52. The molecule has 3 nitrogen and oxygen atoms in total. The highest BCUT2D eigenvalue weighted by Gasteiger charge is 2.34. The van der Waals surface area contributed by atoms with Gasteiger partial charge in [-0.05, 0) is 44.9 Å². The molecular weight excluding hydrogens is 258 g/mol. The summed E-state index contributed by atoms with van der Waals surface area (Å²) in [5, 5.41) is 5.20. The zero-order valence-electron chi connectivity index (χ0n) is 12.4. The first kappa shape index (κ1) is 14.9. The van der Waals surface area contributed by atoms with Crippen LogP contribution in [-0.2, 0) is 0 Å². The van der Waals surface area contributed by atoms with Crippen LogP contribution < -0.4 is 5.73 Å². The minimum atomic E-state index is 0.210. The van der Waals surface area contributed by atoms with Gasteiger partial charge in [-0.25, -0.2) is 0 Å². The average molecular weight is 284 g/mol. The summed E-state index contributed by atoms with van der Waals surface area (Å²) >= 11 is 6.38. The molecule has 0 saturated heterocycles. The standard InChI is InChI=1S/C15H26ClN3/c1-9(2)11-5-6-14(17)12(7-11)15-13(16)8-18-19(15)10(3)4/h8-12,14H,5-7,17H2,1-4H3. The van der Waals surface area contributed by atoms with Gasteiger partial charge in [0, 0.05) is 18.0 Å². The SMILES string of the molecule is CC(C)C1CCC(N)C(c2c(Cl)cnn2C(C)C)C1. The Morgan fingerprint density at radius 2 is 2.00 bits per heavy atom. The molecule has 1 heterocycles. The van der Waals surface area contributed by atoms with Gasteiger partial charge in [0.25, 0.3) is 0 Å². The molecule has 19 heavy (non-hydrogen) atoms. The third-order valence-electron chi connectivity index (χ3n) is 4.51. The van der Waals surface area contributed by atoms with Gasteiger partial charge >= 0.3 is 0 Å². The third kappa shape index (κ3) is 2.97. The maximum absolute atomic E-state index is 6.38. The predicted octanol–water partition coefficient (Wildman–Crippen LogP) is 3.98. The van der Waals surface area contributed by atoms with Crippen LogP contribution in [0.5, 0.6) is 0 Å². The first-order valence-electron chi connectivity index (χ1n) is 7.40. The highest BCUT2D eigenvalue weighted by Crippen LogP contribution is 2.41. The maximum atomic E-state index is 6.38. The van der Waals surface area contributed by atoms with E-state index in [1.54, 1.807) is 6.20 Å². The van der Waals surface area contributed by atoms with Crippen molar-refractivity contribution in [2.45, 2.75) is 65.0 Å². The molecule has 0 radical (unpaired) electrons. The number of halogens is 1. The second-order valence-electron chi connectivity index (χ2n) is 6.50. The lowest BCUT2D eigenvalue weighted by atomic mass is 9.72. The zero-order valence-corrected chi connectivity index (χ0v) is 13.2. The number of nitrogens with zero attached hydrogens (tertiary/aromatic N) is 2. The molecule has 3 atom stereocenters. The lowest BCUT2D eigenvalue weighted by Gasteiger charge is -2.36. The molecule has 1 aromatic rings. The molecule has 2 rings (SSSR count). The van der Waals surface area contributed by atoms with Crippen LogP contribution in [0.25, 0.3) is 0 Å². The van der Waals surface area contributed by atoms with Gasteiger partial charge in [-0.1, -0.05) is 25.4 Å². The first-order valence-corrected chi connectivity index (χ1v) is 7.78. The Morgan fingerprint density at radius 3 is 2.58 bits per heavy atom. The Hall–Kier alpha value is -0.540. The van der Waals surface area contributed by atoms with E-state index < -0.39 is 0 Å². The van der Waals surface area contributed by atoms with Crippen molar-refractivity contribution < 1.29 is 0 Å². The number of hydrogen-bond acceptors (Lipinski definition) is 2. The van der Waals surface area contributed by atoms with Gasteiger partial charge in [0.05, 0.1) is 16.9 Å². The Bertz CT molecular complexity index is 425. The fourth-order valence-electron chi connectivity index (χ4n) is 3.26. The average Bonchev–Trinajstić information content (AvgIpc) is 2.71. The van der Waals surface area contributed by atoms with E-state index in [-0.39, 0.29) is 6.04 Å². The van der Waals surface area contributed by atoms with Gasteiger partial charge in [0.1, 0.15) is 0 Å². The monoisotopic (exact) mass is 283 g/mol. The molecule has 3 unspecified atom stereocenters. The first-order chi connectivity index (χ1) is 8.91. The minimum Gasteiger partial charge on any atom is -0.327 e. The molecule has 0 amide bonds. The molecule has 1 fully saturated rings. The largest absolute Gasteiger partial charge is 0.327 e. The fourth-order valence-corrected chi connectivity index (χ4v) is 3.53. The van der Waals surface area contributed by atoms with Crippen molar-refractivity contribution in [3.63, 3.8) is 0 Å². The number of rotatable bonds is 3. The third-order valence-corrected chi connectivity index (χ3v) is 4.81. The molecule has 0 aliphatic heterocycles. The van der Waals surface area contributed by atoms with E-state index in [2.05, 4.69) is 37.5 Å². The van der Waals surface area contributed by atoms with E-state index in [0.29, 0.717) is 17.9 Å². The maximum Gasteiger partial charge on any atom is 0.0821 e. The van der Waals surface area contributed by atoms with Crippen LogP contribution in [0.1, 0.15) is 64.6 Å². The summed E-state index contributed by atoms with van der Waals surface area (Å²) < 4.78 is 2.05. The van der Waals surface area contributed by atoms with E-state index in [9.17, 15) is 0 Å². The lowest BCUT2D eigenvalue weighted by molar-refractivity contribution is 0.225. The second kappa shape index (κ2) is 5.84. The summed E-state index contributed by atoms with van der Waals surface area (Å²) in [4.78, 5) is 0. The Labute approximate surface area is 121 Å². The molecule has 4 heteroatoms. The summed E-state index contributed by atoms with van der Waals surface area (Å²) in [6.45, 7) is 8.89. The van der Waals surface area contributed by atoms with E-state index in [1.165, 1.54) is 6.42 Å². The molecule has 0 bridgehead atoms. The van der Waals surface area contributed by atoms with Crippen LogP contribution in [0.2, 0.25) is 5.02 Å². The molecule has 1 saturated carbocycles. The van der Waals surface area contributed by atoms with Gasteiger partial charge < -0.3 is 5.73 Å². The quantitative estimate of drug-likeness (QED) is 0.912. The smallest absolute Gasteiger partial charge is 0.0821 e. The van der Waals surface area contributed by atoms with Gasteiger partial charge in [0.2, 0.25) is 0 Å². The van der Waals surface area contributed by atoms with Crippen LogP contribution in [0, 0.1) is 11.8 Å². The van der Waals surface area contributed by atoms with Gasteiger partial charge in [-0.3, -0.25) is 4.68 Å². The highest BCUT2D eigenvalue weighted by molar-refractivity contribution is 6.31. The second-order valence-corrected chi connectivity index (χ2v) is 6.91. The van der Waals surface area contributed by atoms with E-state index in [0.717, 1.165) is 29.5 Å². The predicted molar refractivity (Wildman–Crippen MR) is 80.5 cm³/mol. The molecule has 1 aliphatic carbocycles. The van der Waals surface area contributed by atoms with Crippen molar-refractivity contribution in [3.05, 3.63) is 16.9 Å². The van der Waals surface area contributed by atoms with Crippen molar-refractivity contribution in [1.82, 2.24) is 9.78 Å². The van der Waals surface area contributed by atoms with E-state index in [1.807, 2.05) is 0 Å². The lowest BCUT2D eigenvalue weighted by Crippen LogP contribution is -2.37. The van der Waals surface area contributed by atoms with Gasteiger partial charge in [0.15, 0.2) is 0 Å². The molecule has 1 aromatic heterocycles. The minimum absolute atomic E-state index is 0.210. The zero-order chi connectivity index (χ0) is 14.2. The van der Waals surface area contributed by atoms with Crippen molar-refractivity contribution in [2.24, 2.45) is 17.6 Å². The normalized spacial score (nSPS) is 28.3. The molecule has 0 spiro atoms. The van der Waals surface area contributed by atoms with Crippen molar-refractivity contribution in [1.29, 1.82) is 0 Å². The summed E-state index contributed by atoms with van der Waals surface area (Å²) in [6, 6.07) is 0.538. The van der Waals surface area contributed by atoms with Crippen LogP contribution >= 0.6 is 11.6 Å². The number of nitrogens with two attached hydrogens (primary N) is 1. The van der Waals surface area contributed by atoms with Gasteiger partial charge in [-0.15, -0.1) is 0 Å². The molecule has 0 aromatic carbocycles. The number of hydrogen-bond donors (Lipinski definition) is 1. The molecule has 1 aliphatic rings. The fraction of sp³-hybridized carbons (Fsp3) is 0.800. The Morgan fingerprint density at radius 1 is 1.32 bits per heavy atom. The summed E-state index contributed by atoms with van der Waals surface area (Å²) in [7, 11) is 0. The molecule has 108 valence electrons. The van der Waals surface area contributed by atoms with Crippen LogP contribution in [0.15, 0.2) is 6.20 Å². The van der Waals surface area contributed by atoms with Crippen LogP contribution in [0.3, 0.4) is 0 Å². The Balaban J connectivity index is 2.31. The topological polar surface area (TPSA) is 43.8 Å². The Kier molecular flexibility index (Phi) is 4.57. The van der Waals surface area contributed by atoms with E-state index >= 15 is 0 Å². The van der Waals surface area contributed by atoms with E-state index in [4.69, 9.17) is 17.3 Å². The van der Waals surface area contributed by atoms with Gasteiger partial charge in [-0.2, -0.15) is 5.10 Å². The summed E-state index contributed by atoms with van der Waals surface area (Å²) in [5.74, 6) is 1.80.